The van der Waals surface area contributed by atoms with E-state index < -0.39 is 24.2 Å². The molecule has 60 heavy (non-hydrogen) atoms. The third-order valence-electron chi connectivity index (χ3n) is 13.1. The van der Waals surface area contributed by atoms with E-state index in [-0.39, 0.29) is 6.61 Å². The Kier molecular flexibility index (Phi) is 50.0. The quantitative estimate of drug-likeness (QED) is 0.0363. The molecule has 0 rings (SSSR count). The Morgan fingerprint density at radius 3 is 0.917 bits per heavy atom. The second-order valence-corrected chi connectivity index (χ2v) is 19.1. The first-order valence-electron chi connectivity index (χ1n) is 27.5. The Bertz CT molecular complexity index is 848. The van der Waals surface area contributed by atoms with E-state index in [4.69, 9.17) is 0 Å². The first-order chi connectivity index (χ1) is 29.6. The molecule has 0 aromatic heterocycles. The van der Waals surface area contributed by atoms with Gasteiger partial charge in [0.1, 0.15) is 6.10 Å². The van der Waals surface area contributed by atoms with E-state index in [1.807, 2.05) is 0 Å². The third-order valence-corrected chi connectivity index (χ3v) is 13.1. The van der Waals surface area contributed by atoms with Gasteiger partial charge in [-0.3, -0.25) is 4.79 Å². The molecule has 0 saturated carbocycles. The average Bonchev–Trinajstić information content (AvgIpc) is 3.25. The van der Waals surface area contributed by atoms with Crippen molar-refractivity contribution in [2.75, 3.05) is 6.61 Å². The Hall–Kier alpha value is -0.910. The second-order valence-electron chi connectivity index (χ2n) is 19.1. The van der Waals surface area contributed by atoms with E-state index in [9.17, 15) is 20.1 Å². The highest BCUT2D eigenvalue weighted by Gasteiger charge is 2.23. The summed E-state index contributed by atoms with van der Waals surface area (Å²) >= 11 is 0. The minimum absolute atomic E-state index is 0.310. The molecule has 4 N–H and O–H groups in total. The number of carbonyl (C=O) groups is 1. The van der Waals surface area contributed by atoms with Crippen LogP contribution in [0.2, 0.25) is 0 Å². The fraction of sp³-hybridized carbons (Fsp3) is 0.945. The van der Waals surface area contributed by atoms with E-state index in [0.717, 1.165) is 32.1 Å². The Morgan fingerprint density at radius 2 is 0.633 bits per heavy atom. The van der Waals surface area contributed by atoms with Gasteiger partial charge < -0.3 is 20.6 Å². The number of aliphatic hydroxyl groups is 3. The zero-order valence-electron chi connectivity index (χ0n) is 40.9. The molecule has 3 unspecified atom stereocenters. The SMILES string of the molecule is CCCCCCCCCCCCCC/C=C\CCCCCCCCCCCCCCCC(O)C(=O)NC(CO)C(O)CCCCCCCCCCCCCCCCCCC. The number of carbonyl (C=O) groups excluding carboxylic acids is 1. The lowest BCUT2D eigenvalue weighted by Gasteiger charge is -2.23. The van der Waals surface area contributed by atoms with Crippen molar-refractivity contribution >= 4 is 5.91 Å². The predicted molar refractivity (Wildman–Crippen MR) is 264 cm³/mol. The van der Waals surface area contributed by atoms with Crippen molar-refractivity contribution in [3.8, 4) is 0 Å². The molecule has 5 nitrogen and oxygen atoms in total. The number of allylic oxidation sites excluding steroid dienone is 2. The van der Waals surface area contributed by atoms with Crippen LogP contribution in [0.5, 0.6) is 0 Å². The summed E-state index contributed by atoms with van der Waals surface area (Å²) in [5, 5.41) is 33.5. The van der Waals surface area contributed by atoms with Gasteiger partial charge in [0.05, 0.1) is 18.8 Å². The molecule has 0 aliphatic heterocycles. The van der Waals surface area contributed by atoms with E-state index in [1.165, 1.54) is 250 Å². The van der Waals surface area contributed by atoms with Gasteiger partial charge in [0.2, 0.25) is 5.91 Å². The molecular formula is C55H109NO4. The zero-order chi connectivity index (χ0) is 43.7. The third kappa shape index (κ3) is 45.1. The summed E-state index contributed by atoms with van der Waals surface area (Å²) in [7, 11) is 0. The van der Waals surface area contributed by atoms with Gasteiger partial charge >= 0.3 is 0 Å². The molecule has 0 aliphatic rings. The molecule has 0 saturated heterocycles. The number of hydrogen-bond donors (Lipinski definition) is 4. The van der Waals surface area contributed by atoms with Gasteiger partial charge in [-0.1, -0.05) is 283 Å². The predicted octanol–water partition coefficient (Wildman–Crippen LogP) is 16.7. The fourth-order valence-corrected chi connectivity index (χ4v) is 8.84. The highest BCUT2D eigenvalue weighted by molar-refractivity contribution is 5.80. The molecule has 0 spiro atoms. The van der Waals surface area contributed by atoms with Gasteiger partial charge in [0, 0.05) is 0 Å². The number of nitrogens with one attached hydrogen (secondary N) is 1. The summed E-state index contributed by atoms with van der Waals surface area (Å²) in [5.41, 5.74) is 0. The summed E-state index contributed by atoms with van der Waals surface area (Å²) in [6, 6.07) is -0.709. The smallest absolute Gasteiger partial charge is 0.249 e. The Labute approximate surface area is 376 Å². The highest BCUT2D eigenvalue weighted by Crippen LogP contribution is 2.18. The van der Waals surface area contributed by atoms with Crippen LogP contribution in [0.1, 0.15) is 309 Å². The lowest BCUT2D eigenvalue weighted by Crippen LogP contribution is -2.49. The minimum Gasteiger partial charge on any atom is -0.394 e. The van der Waals surface area contributed by atoms with Crippen LogP contribution in [-0.2, 0) is 4.79 Å². The van der Waals surface area contributed by atoms with Gasteiger partial charge in [-0.25, -0.2) is 0 Å². The number of aliphatic hydroxyl groups excluding tert-OH is 3. The molecule has 1 amide bonds. The minimum atomic E-state index is -1.07. The van der Waals surface area contributed by atoms with Crippen molar-refractivity contribution in [1.82, 2.24) is 5.32 Å². The van der Waals surface area contributed by atoms with Gasteiger partial charge in [0.15, 0.2) is 0 Å². The first-order valence-corrected chi connectivity index (χ1v) is 27.5. The molecule has 0 fully saturated rings. The van der Waals surface area contributed by atoms with Gasteiger partial charge in [0.25, 0.3) is 0 Å². The second kappa shape index (κ2) is 50.7. The van der Waals surface area contributed by atoms with Crippen molar-refractivity contribution in [2.45, 2.75) is 327 Å². The summed E-state index contributed by atoms with van der Waals surface area (Å²) in [5.74, 6) is -0.465. The lowest BCUT2D eigenvalue weighted by molar-refractivity contribution is -0.131. The lowest BCUT2D eigenvalue weighted by atomic mass is 10.0. The van der Waals surface area contributed by atoms with Crippen LogP contribution in [0.4, 0.5) is 0 Å². The average molecular weight is 848 g/mol. The van der Waals surface area contributed by atoms with Crippen molar-refractivity contribution in [2.24, 2.45) is 0 Å². The van der Waals surface area contributed by atoms with Crippen LogP contribution in [0.3, 0.4) is 0 Å². The largest absolute Gasteiger partial charge is 0.394 e. The van der Waals surface area contributed by atoms with Crippen LogP contribution in [-0.4, -0.2) is 46.1 Å². The first kappa shape index (κ1) is 59.1. The standard InChI is InChI=1S/C55H109NO4/c1-3-5-7-9-11-13-15-17-19-21-22-23-24-25-26-27-28-29-30-31-32-34-36-38-40-42-44-46-48-50-54(59)55(60)56-52(51-57)53(58)49-47-45-43-41-39-37-35-33-20-18-16-14-12-10-8-6-4-2/h25-26,52-54,57-59H,3-24,27-51H2,1-2H3,(H,56,60)/b26-25-. The monoisotopic (exact) mass is 848 g/mol. The number of amides is 1. The van der Waals surface area contributed by atoms with Crippen LogP contribution >= 0.6 is 0 Å². The molecule has 3 atom stereocenters. The molecule has 358 valence electrons. The summed E-state index contributed by atoms with van der Waals surface area (Å²) in [6.45, 7) is 4.27. The van der Waals surface area contributed by atoms with Crippen LogP contribution < -0.4 is 5.32 Å². The topological polar surface area (TPSA) is 89.8 Å². The molecule has 0 aromatic rings. The summed E-state index contributed by atoms with van der Waals surface area (Å²) in [4.78, 5) is 12.6. The van der Waals surface area contributed by atoms with E-state index in [0.29, 0.717) is 12.8 Å². The van der Waals surface area contributed by atoms with Crippen LogP contribution in [0, 0.1) is 0 Å². The fourth-order valence-electron chi connectivity index (χ4n) is 8.84. The van der Waals surface area contributed by atoms with Crippen LogP contribution in [0.15, 0.2) is 12.2 Å². The maximum atomic E-state index is 12.6. The molecule has 0 radical (unpaired) electrons. The van der Waals surface area contributed by atoms with Crippen molar-refractivity contribution in [3.63, 3.8) is 0 Å². The molecular weight excluding hydrogens is 739 g/mol. The number of hydrogen-bond acceptors (Lipinski definition) is 4. The Morgan fingerprint density at radius 1 is 0.383 bits per heavy atom. The maximum Gasteiger partial charge on any atom is 0.249 e. The van der Waals surface area contributed by atoms with E-state index in [1.54, 1.807) is 0 Å². The van der Waals surface area contributed by atoms with Gasteiger partial charge in [-0.05, 0) is 38.5 Å². The van der Waals surface area contributed by atoms with Gasteiger partial charge in [-0.2, -0.15) is 0 Å². The number of rotatable bonds is 51. The maximum absolute atomic E-state index is 12.6. The Balaban J connectivity index is 3.50. The van der Waals surface area contributed by atoms with E-state index in [2.05, 4.69) is 31.3 Å². The highest BCUT2D eigenvalue weighted by atomic mass is 16.3. The molecule has 0 aromatic carbocycles. The van der Waals surface area contributed by atoms with Crippen LogP contribution in [0.25, 0.3) is 0 Å². The van der Waals surface area contributed by atoms with Gasteiger partial charge in [-0.15, -0.1) is 0 Å². The summed E-state index contributed by atoms with van der Waals surface area (Å²) in [6.07, 6.45) is 62.5. The molecule has 0 aliphatic carbocycles. The summed E-state index contributed by atoms with van der Waals surface area (Å²) < 4.78 is 0. The van der Waals surface area contributed by atoms with Crippen molar-refractivity contribution in [1.29, 1.82) is 0 Å². The molecule has 5 heteroatoms. The number of unbranched alkanes of at least 4 members (excludes halogenated alkanes) is 41. The van der Waals surface area contributed by atoms with Crippen molar-refractivity contribution < 1.29 is 20.1 Å². The van der Waals surface area contributed by atoms with Crippen molar-refractivity contribution in [3.05, 3.63) is 12.2 Å². The molecule has 0 bridgehead atoms. The molecule has 0 heterocycles. The van der Waals surface area contributed by atoms with E-state index >= 15 is 0 Å². The zero-order valence-corrected chi connectivity index (χ0v) is 40.9. The normalized spacial score (nSPS) is 13.3.